The lowest BCUT2D eigenvalue weighted by molar-refractivity contribution is -0.136. The average molecular weight is 409 g/mol. The second-order valence-electron chi connectivity index (χ2n) is 5.94. The molecule has 27 heavy (non-hydrogen) atoms. The van der Waals surface area contributed by atoms with Gasteiger partial charge in [-0.3, -0.25) is 4.40 Å². The van der Waals surface area contributed by atoms with E-state index in [4.69, 9.17) is 4.74 Å². The monoisotopic (exact) mass is 409 g/mol. The third-order valence-corrected chi connectivity index (χ3v) is 6.01. The Morgan fingerprint density at radius 1 is 1.22 bits per heavy atom. The van der Waals surface area contributed by atoms with E-state index in [1.165, 1.54) is 48.4 Å². The summed E-state index contributed by atoms with van der Waals surface area (Å²) in [6, 6.07) is 5.52. The molecule has 0 spiro atoms. The van der Waals surface area contributed by atoms with Crippen molar-refractivity contribution >= 4 is 39.0 Å². The van der Waals surface area contributed by atoms with E-state index in [0.29, 0.717) is 16.5 Å². The highest BCUT2D eigenvalue weighted by atomic mass is 32.2. The number of methoxy groups -OCH3 is 1. The quantitative estimate of drug-likeness (QED) is 0.413. The van der Waals surface area contributed by atoms with Gasteiger partial charge in [-0.1, -0.05) is 11.8 Å². The van der Waals surface area contributed by atoms with Crippen LogP contribution in [0.1, 0.15) is 17.0 Å². The van der Waals surface area contributed by atoms with Crippen molar-refractivity contribution in [3.63, 3.8) is 0 Å². The molecule has 4 rings (SSSR count). The summed E-state index contributed by atoms with van der Waals surface area (Å²) >= 11 is 2.77. The van der Waals surface area contributed by atoms with Crippen molar-refractivity contribution in [2.24, 2.45) is 0 Å². The number of aryl methyl sites for hydroxylation is 1. The van der Waals surface area contributed by atoms with Crippen molar-refractivity contribution < 1.29 is 17.9 Å². The van der Waals surface area contributed by atoms with Gasteiger partial charge in [0.1, 0.15) is 5.75 Å². The van der Waals surface area contributed by atoms with Crippen molar-refractivity contribution in [2.75, 3.05) is 7.11 Å². The number of imidazole rings is 1. The highest BCUT2D eigenvalue weighted by Crippen LogP contribution is 2.38. The Bertz CT molecular complexity index is 1130. The maximum Gasteiger partial charge on any atom is 0.417 e. The van der Waals surface area contributed by atoms with Gasteiger partial charge in [0.25, 0.3) is 0 Å². The van der Waals surface area contributed by atoms with E-state index in [2.05, 4.69) is 9.97 Å². The average Bonchev–Trinajstić information content (AvgIpc) is 3.19. The molecule has 0 radical (unpaired) electrons. The number of hydrogen-bond acceptors (Lipinski definition) is 5. The van der Waals surface area contributed by atoms with Crippen LogP contribution in [0.15, 0.2) is 40.9 Å². The van der Waals surface area contributed by atoms with Gasteiger partial charge in [0.05, 0.1) is 28.9 Å². The normalized spacial score (nSPS) is 12.2. The number of aromatic nitrogens is 3. The van der Waals surface area contributed by atoms with E-state index in [0.717, 1.165) is 22.4 Å². The van der Waals surface area contributed by atoms with E-state index < -0.39 is 11.7 Å². The fourth-order valence-electron chi connectivity index (χ4n) is 2.78. The van der Waals surface area contributed by atoms with E-state index in [1.807, 2.05) is 22.9 Å². The van der Waals surface area contributed by atoms with E-state index in [9.17, 15) is 13.2 Å². The van der Waals surface area contributed by atoms with E-state index in [1.54, 1.807) is 0 Å². The lowest BCUT2D eigenvalue weighted by atomic mass is 10.1. The Balaban J connectivity index is 1.69. The number of rotatable bonds is 4. The lowest BCUT2D eigenvalue weighted by Crippen LogP contribution is -2.07. The standard InChI is InChI=1S/C18H14F3N3OS2/c1-10-8-27-17-22-11(7-24(10)17)9-26-16-6-14(18(19,20)21)13-4-3-12(25-2)5-15(13)23-16/h3-8H,9H2,1-2H3. The van der Waals surface area contributed by atoms with E-state index >= 15 is 0 Å². The molecule has 0 atom stereocenters. The van der Waals surface area contributed by atoms with Gasteiger partial charge in [-0.25, -0.2) is 9.97 Å². The molecule has 0 N–H and O–H groups in total. The zero-order valence-electron chi connectivity index (χ0n) is 14.4. The molecule has 0 unspecified atom stereocenters. The Morgan fingerprint density at radius 2 is 2.04 bits per heavy atom. The summed E-state index contributed by atoms with van der Waals surface area (Å²) in [5.74, 6) is 0.906. The zero-order chi connectivity index (χ0) is 19.2. The summed E-state index contributed by atoms with van der Waals surface area (Å²) < 4.78 is 47.6. The van der Waals surface area contributed by atoms with Crippen LogP contribution in [-0.2, 0) is 11.9 Å². The van der Waals surface area contributed by atoms with Crippen LogP contribution in [0, 0.1) is 6.92 Å². The van der Waals surface area contributed by atoms with Crippen LogP contribution in [0.2, 0.25) is 0 Å². The Kier molecular flexibility index (Phi) is 4.51. The first-order valence-electron chi connectivity index (χ1n) is 7.96. The number of thioether (sulfide) groups is 1. The molecule has 0 bridgehead atoms. The first kappa shape index (κ1) is 18.1. The van der Waals surface area contributed by atoms with Gasteiger partial charge < -0.3 is 4.74 Å². The summed E-state index contributed by atoms with van der Waals surface area (Å²) in [7, 11) is 1.47. The van der Waals surface area contributed by atoms with Crippen molar-refractivity contribution in [3.8, 4) is 5.75 Å². The Hall–Kier alpha value is -2.26. The molecule has 140 valence electrons. The van der Waals surface area contributed by atoms with Crippen molar-refractivity contribution in [1.82, 2.24) is 14.4 Å². The second kappa shape index (κ2) is 6.72. The minimum atomic E-state index is -4.46. The molecule has 0 saturated carbocycles. The number of alkyl halides is 3. The van der Waals surface area contributed by atoms with Crippen LogP contribution in [0.5, 0.6) is 5.75 Å². The van der Waals surface area contributed by atoms with Crippen LogP contribution >= 0.6 is 23.1 Å². The molecule has 4 nitrogen and oxygen atoms in total. The third-order valence-electron chi connectivity index (χ3n) is 4.11. The summed E-state index contributed by atoms with van der Waals surface area (Å²) in [6.07, 6.45) is -2.55. The molecule has 0 aliphatic heterocycles. The number of halogens is 3. The number of benzene rings is 1. The molecule has 0 amide bonds. The van der Waals surface area contributed by atoms with E-state index in [-0.39, 0.29) is 10.9 Å². The van der Waals surface area contributed by atoms with Crippen molar-refractivity contribution in [2.45, 2.75) is 23.9 Å². The number of ether oxygens (including phenoxy) is 1. The number of fused-ring (bicyclic) bond motifs is 2. The SMILES string of the molecule is COc1ccc2c(C(F)(F)F)cc(SCc3cn4c(C)csc4n3)nc2c1. The lowest BCUT2D eigenvalue weighted by Gasteiger charge is -2.13. The maximum absolute atomic E-state index is 13.5. The molecule has 3 heterocycles. The first-order chi connectivity index (χ1) is 12.8. The van der Waals surface area contributed by atoms with Gasteiger partial charge in [0.15, 0.2) is 4.96 Å². The summed E-state index contributed by atoms with van der Waals surface area (Å²) in [5.41, 5.74) is 1.44. The first-order valence-corrected chi connectivity index (χ1v) is 9.82. The molecular weight excluding hydrogens is 395 g/mol. The van der Waals surface area contributed by atoms with Gasteiger partial charge in [0.2, 0.25) is 0 Å². The molecule has 0 fully saturated rings. The molecule has 9 heteroatoms. The smallest absolute Gasteiger partial charge is 0.417 e. The van der Waals surface area contributed by atoms with Crippen molar-refractivity contribution in [1.29, 1.82) is 0 Å². The summed E-state index contributed by atoms with van der Waals surface area (Å²) in [6.45, 7) is 1.98. The molecular formula is C18H14F3N3OS2. The highest BCUT2D eigenvalue weighted by molar-refractivity contribution is 7.98. The zero-order valence-corrected chi connectivity index (χ0v) is 16.0. The molecule has 0 aliphatic carbocycles. The van der Waals surface area contributed by atoms with Gasteiger partial charge >= 0.3 is 6.18 Å². The number of nitrogens with zero attached hydrogens (tertiary/aromatic N) is 3. The molecule has 4 aromatic rings. The predicted octanol–water partition coefficient (Wildman–Crippen LogP) is 5.57. The van der Waals surface area contributed by atoms with Crippen molar-refractivity contribution in [3.05, 3.63) is 52.8 Å². The van der Waals surface area contributed by atoms with Gasteiger partial charge in [-0.15, -0.1) is 11.3 Å². The third kappa shape index (κ3) is 3.49. The topological polar surface area (TPSA) is 39.4 Å². The van der Waals surface area contributed by atoms with Crippen LogP contribution in [0.25, 0.3) is 15.9 Å². The van der Waals surface area contributed by atoms with Gasteiger partial charge in [0, 0.05) is 34.5 Å². The van der Waals surface area contributed by atoms with Gasteiger partial charge in [-0.05, 0) is 25.1 Å². The van der Waals surface area contributed by atoms with Gasteiger partial charge in [-0.2, -0.15) is 13.2 Å². The number of thiazole rings is 1. The fraction of sp³-hybridized carbons (Fsp3) is 0.222. The largest absolute Gasteiger partial charge is 0.497 e. The fourth-order valence-corrected chi connectivity index (χ4v) is 4.45. The molecule has 1 aromatic carbocycles. The molecule has 3 aromatic heterocycles. The second-order valence-corrected chi connectivity index (χ2v) is 7.77. The van der Waals surface area contributed by atoms with Crippen LogP contribution in [0.4, 0.5) is 13.2 Å². The maximum atomic E-state index is 13.5. The minimum absolute atomic E-state index is 0.0609. The summed E-state index contributed by atoms with van der Waals surface area (Å²) in [4.78, 5) is 9.75. The minimum Gasteiger partial charge on any atom is -0.497 e. The Labute approximate surface area is 161 Å². The van der Waals surface area contributed by atoms with Crippen LogP contribution in [-0.4, -0.2) is 21.5 Å². The van der Waals surface area contributed by atoms with Crippen LogP contribution < -0.4 is 4.74 Å². The molecule has 0 saturated heterocycles. The number of hydrogen-bond donors (Lipinski definition) is 0. The van der Waals surface area contributed by atoms with Crippen LogP contribution in [0.3, 0.4) is 0 Å². The number of pyridine rings is 1. The Morgan fingerprint density at radius 3 is 2.74 bits per heavy atom. The predicted molar refractivity (Wildman–Crippen MR) is 101 cm³/mol. The summed E-state index contributed by atoms with van der Waals surface area (Å²) in [5, 5.41) is 2.37. The molecule has 0 aliphatic rings. The highest BCUT2D eigenvalue weighted by Gasteiger charge is 2.33.